The standard InChI is InChI=1S/C14H17NO3/c1-15-10-7-11-12(17-13(10)15)8-16-14(18-11)9-5-3-2-4-6-9/h2-6,10-14H,7-8H2,1H3/t10?,11-,12?,13-,14?,15?/m0/s1. The van der Waals surface area contributed by atoms with Crippen LogP contribution in [0.1, 0.15) is 18.3 Å². The van der Waals surface area contributed by atoms with Crippen LogP contribution >= 0.6 is 0 Å². The summed E-state index contributed by atoms with van der Waals surface area (Å²) in [7, 11) is 2.10. The van der Waals surface area contributed by atoms with Gasteiger partial charge in [0.25, 0.3) is 0 Å². The van der Waals surface area contributed by atoms with Crippen LogP contribution in [0.15, 0.2) is 30.3 Å². The van der Waals surface area contributed by atoms with Gasteiger partial charge in [0.15, 0.2) is 6.29 Å². The van der Waals surface area contributed by atoms with Gasteiger partial charge in [0.1, 0.15) is 12.3 Å². The highest BCUT2D eigenvalue weighted by Gasteiger charge is 2.55. The number of rotatable bonds is 1. The second kappa shape index (κ2) is 4.03. The van der Waals surface area contributed by atoms with Gasteiger partial charge in [-0.1, -0.05) is 30.3 Å². The molecule has 3 fully saturated rings. The molecule has 0 radical (unpaired) electrons. The third-order valence-electron chi connectivity index (χ3n) is 4.15. The summed E-state index contributed by atoms with van der Waals surface area (Å²) in [5.41, 5.74) is 1.09. The minimum absolute atomic E-state index is 0.0937. The Balaban J connectivity index is 1.49. The van der Waals surface area contributed by atoms with Crippen molar-refractivity contribution in [3.05, 3.63) is 35.9 Å². The minimum atomic E-state index is -0.239. The molecule has 4 nitrogen and oxygen atoms in total. The van der Waals surface area contributed by atoms with Gasteiger partial charge < -0.3 is 14.2 Å². The molecule has 3 heterocycles. The van der Waals surface area contributed by atoms with Crippen LogP contribution in [-0.2, 0) is 14.2 Å². The molecule has 96 valence electrons. The summed E-state index contributed by atoms with van der Waals surface area (Å²) >= 11 is 0. The fraction of sp³-hybridized carbons (Fsp3) is 0.571. The number of likely N-dealkylation sites (N-methyl/N-ethyl adjacent to an activating group) is 1. The van der Waals surface area contributed by atoms with Gasteiger partial charge in [0.05, 0.1) is 18.8 Å². The lowest BCUT2D eigenvalue weighted by molar-refractivity contribution is -0.277. The largest absolute Gasteiger partial charge is 0.353 e. The molecule has 0 amide bonds. The van der Waals surface area contributed by atoms with E-state index in [-0.39, 0.29) is 18.5 Å². The molecule has 0 spiro atoms. The van der Waals surface area contributed by atoms with E-state index in [4.69, 9.17) is 14.2 Å². The maximum Gasteiger partial charge on any atom is 0.184 e. The van der Waals surface area contributed by atoms with E-state index in [2.05, 4.69) is 11.9 Å². The topological polar surface area (TPSA) is 30.7 Å². The third kappa shape index (κ3) is 1.68. The molecule has 0 bridgehead atoms. The Hall–Kier alpha value is -0.940. The first-order valence-corrected chi connectivity index (χ1v) is 6.52. The van der Waals surface area contributed by atoms with Crippen molar-refractivity contribution in [3.8, 4) is 0 Å². The zero-order valence-electron chi connectivity index (χ0n) is 10.4. The van der Waals surface area contributed by atoms with Crippen molar-refractivity contribution in [3.63, 3.8) is 0 Å². The van der Waals surface area contributed by atoms with Crippen LogP contribution in [-0.4, -0.2) is 43.0 Å². The van der Waals surface area contributed by atoms with Crippen LogP contribution < -0.4 is 0 Å². The smallest absolute Gasteiger partial charge is 0.184 e. The number of hydrogen-bond donors (Lipinski definition) is 0. The first kappa shape index (κ1) is 10.9. The van der Waals surface area contributed by atoms with Crippen LogP contribution in [0, 0.1) is 0 Å². The summed E-state index contributed by atoms with van der Waals surface area (Å²) in [6, 6.07) is 10.7. The highest BCUT2D eigenvalue weighted by molar-refractivity contribution is 5.16. The number of hydrogen-bond acceptors (Lipinski definition) is 4. The van der Waals surface area contributed by atoms with E-state index >= 15 is 0 Å². The Morgan fingerprint density at radius 2 is 1.94 bits per heavy atom. The number of nitrogens with zero attached hydrogens (tertiary/aromatic N) is 1. The molecule has 4 rings (SSSR count). The molecule has 18 heavy (non-hydrogen) atoms. The molecule has 0 saturated carbocycles. The van der Waals surface area contributed by atoms with Gasteiger partial charge in [-0.2, -0.15) is 0 Å². The molecule has 3 saturated heterocycles. The van der Waals surface area contributed by atoms with Gasteiger partial charge in [-0.25, -0.2) is 0 Å². The predicted molar refractivity (Wildman–Crippen MR) is 64.8 cm³/mol. The van der Waals surface area contributed by atoms with Crippen molar-refractivity contribution in [1.82, 2.24) is 4.90 Å². The highest BCUT2D eigenvalue weighted by Crippen LogP contribution is 2.42. The lowest BCUT2D eigenvalue weighted by Gasteiger charge is -2.38. The van der Waals surface area contributed by atoms with Crippen molar-refractivity contribution in [1.29, 1.82) is 0 Å². The van der Waals surface area contributed by atoms with Gasteiger partial charge in [0.2, 0.25) is 0 Å². The summed E-state index contributed by atoms with van der Waals surface area (Å²) < 4.78 is 17.8. The van der Waals surface area contributed by atoms with Gasteiger partial charge >= 0.3 is 0 Å². The first-order valence-electron chi connectivity index (χ1n) is 6.52. The van der Waals surface area contributed by atoms with Crippen LogP contribution in [0.4, 0.5) is 0 Å². The number of benzene rings is 1. The third-order valence-corrected chi connectivity index (χ3v) is 4.15. The molecular formula is C14H17NO3. The second-order valence-corrected chi connectivity index (χ2v) is 5.28. The average molecular weight is 247 g/mol. The van der Waals surface area contributed by atoms with Gasteiger partial charge in [-0.3, -0.25) is 4.90 Å². The van der Waals surface area contributed by atoms with E-state index in [0.717, 1.165) is 12.0 Å². The van der Waals surface area contributed by atoms with Crippen molar-refractivity contribution < 1.29 is 14.2 Å². The molecule has 3 aliphatic heterocycles. The molecular weight excluding hydrogens is 230 g/mol. The van der Waals surface area contributed by atoms with Crippen molar-refractivity contribution >= 4 is 0 Å². The molecule has 0 aromatic heterocycles. The Bertz CT molecular complexity index is 438. The maximum atomic E-state index is 6.05. The van der Waals surface area contributed by atoms with Crippen LogP contribution in [0.5, 0.6) is 0 Å². The van der Waals surface area contributed by atoms with Gasteiger partial charge in [-0.15, -0.1) is 0 Å². The minimum Gasteiger partial charge on any atom is -0.353 e. The SMILES string of the molecule is CN1C2C[C@@H]3OC(c4ccccc4)OCC3O[C@@H]21. The Morgan fingerprint density at radius 3 is 2.78 bits per heavy atom. The molecule has 4 unspecified atom stereocenters. The monoisotopic (exact) mass is 247 g/mol. The Labute approximate surface area is 106 Å². The summed E-state index contributed by atoms with van der Waals surface area (Å²) in [6.45, 7) is 0.626. The summed E-state index contributed by atoms with van der Waals surface area (Å²) in [5, 5.41) is 0. The molecule has 1 aromatic rings. The van der Waals surface area contributed by atoms with E-state index in [9.17, 15) is 0 Å². The molecule has 4 heteroatoms. The summed E-state index contributed by atoms with van der Waals surface area (Å²) in [4.78, 5) is 2.25. The summed E-state index contributed by atoms with van der Waals surface area (Å²) in [6.07, 6.45) is 1.37. The summed E-state index contributed by atoms with van der Waals surface area (Å²) in [5.74, 6) is 0. The normalized spacial score (nSPS) is 46.1. The fourth-order valence-corrected chi connectivity index (χ4v) is 2.95. The molecule has 1 aromatic carbocycles. The molecule has 6 atom stereocenters. The molecule has 3 aliphatic rings. The average Bonchev–Trinajstić information content (AvgIpc) is 3.06. The van der Waals surface area contributed by atoms with E-state index in [1.807, 2.05) is 30.3 Å². The van der Waals surface area contributed by atoms with E-state index in [1.165, 1.54) is 0 Å². The Morgan fingerprint density at radius 1 is 1.11 bits per heavy atom. The van der Waals surface area contributed by atoms with E-state index in [1.54, 1.807) is 0 Å². The van der Waals surface area contributed by atoms with E-state index in [0.29, 0.717) is 18.9 Å². The van der Waals surface area contributed by atoms with Crippen LogP contribution in [0.2, 0.25) is 0 Å². The second-order valence-electron chi connectivity index (χ2n) is 5.28. The van der Waals surface area contributed by atoms with E-state index < -0.39 is 0 Å². The molecule has 0 N–H and O–H groups in total. The number of fused-ring (bicyclic) bond motifs is 2. The van der Waals surface area contributed by atoms with Gasteiger partial charge in [-0.05, 0) is 13.5 Å². The predicted octanol–water partition coefficient (Wildman–Crippen LogP) is 1.53. The van der Waals surface area contributed by atoms with Crippen molar-refractivity contribution in [2.75, 3.05) is 13.7 Å². The quantitative estimate of drug-likeness (QED) is 0.704. The molecule has 0 aliphatic carbocycles. The van der Waals surface area contributed by atoms with Crippen LogP contribution in [0.25, 0.3) is 0 Å². The number of ether oxygens (including phenoxy) is 3. The maximum absolute atomic E-state index is 6.05. The fourth-order valence-electron chi connectivity index (χ4n) is 2.95. The zero-order chi connectivity index (χ0) is 12.1. The first-order chi connectivity index (χ1) is 8.83. The van der Waals surface area contributed by atoms with Crippen molar-refractivity contribution in [2.45, 2.75) is 37.2 Å². The lowest BCUT2D eigenvalue weighted by atomic mass is 10.0. The van der Waals surface area contributed by atoms with Crippen molar-refractivity contribution in [2.24, 2.45) is 0 Å². The highest BCUT2D eigenvalue weighted by atomic mass is 16.7. The lowest BCUT2D eigenvalue weighted by Crippen LogP contribution is -2.46. The van der Waals surface area contributed by atoms with Gasteiger partial charge in [0, 0.05) is 5.56 Å². The zero-order valence-corrected chi connectivity index (χ0v) is 10.4. The Kier molecular flexibility index (Phi) is 2.45. The van der Waals surface area contributed by atoms with Crippen LogP contribution in [0.3, 0.4) is 0 Å².